The number of fused-ring (bicyclic) bond motifs is 1. The smallest absolute Gasteiger partial charge is 0.323 e. The Kier molecular flexibility index (Phi) is 6.56. The van der Waals surface area contributed by atoms with Crippen LogP contribution < -0.4 is 24.8 Å². The minimum Gasteiger partial charge on any atom is -0.493 e. The second-order valence-corrected chi connectivity index (χ2v) is 7.60. The molecule has 0 atom stereocenters. The number of carbonyl (C=O) groups is 1. The molecule has 0 spiro atoms. The van der Waals surface area contributed by atoms with E-state index >= 15 is 0 Å². The van der Waals surface area contributed by atoms with Crippen molar-refractivity contribution in [2.24, 2.45) is 5.73 Å². The molecule has 3 aromatic carbocycles. The van der Waals surface area contributed by atoms with Gasteiger partial charge in [-0.2, -0.15) is 0 Å². The summed E-state index contributed by atoms with van der Waals surface area (Å²) >= 11 is 5.88. The first-order valence-corrected chi connectivity index (χ1v) is 10.5. The number of rotatable bonds is 7. The molecule has 0 unspecified atom stereocenters. The molecule has 178 valence electrons. The van der Waals surface area contributed by atoms with Gasteiger partial charge < -0.3 is 19.9 Å². The van der Waals surface area contributed by atoms with Gasteiger partial charge in [-0.15, -0.1) is 0 Å². The molecule has 0 saturated carbocycles. The molecule has 0 fully saturated rings. The van der Waals surface area contributed by atoms with E-state index in [2.05, 4.69) is 4.98 Å². The van der Waals surface area contributed by atoms with E-state index < -0.39 is 11.0 Å². The van der Waals surface area contributed by atoms with Gasteiger partial charge in [-0.3, -0.25) is 20.0 Å². The van der Waals surface area contributed by atoms with Crippen LogP contribution in [0.5, 0.6) is 23.0 Å². The number of nitrogens with two attached hydrogens (primary N) is 1. The van der Waals surface area contributed by atoms with Crippen molar-refractivity contribution in [3.63, 3.8) is 0 Å². The van der Waals surface area contributed by atoms with E-state index in [-0.39, 0.29) is 16.4 Å². The van der Waals surface area contributed by atoms with Crippen molar-refractivity contribution in [1.82, 2.24) is 4.98 Å². The number of hydrogen-bond acceptors (Lipinski definition) is 7. The molecule has 1 heterocycles. The lowest BCUT2D eigenvalue weighted by molar-refractivity contribution is -0.384. The summed E-state index contributed by atoms with van der Waals surface area (Å²) in [5, 5.41) is 11.9. The summed E-state index contributed by atoms with van der Waals surface area (Å²) in [6.07, 6.45) is 1.61. The zero-order chi connectivity index (χ0) is 25.1. The van der Waals surface area contributed by atoms with Crippen molar-refractivity contribution in [1.29, 1.82) is 0 Å². The van der Waals surface area contributed by atoms with Crippen LogP contribution in [0.3, 0.4) is 0 Å². The number of hydrogen-bond donors (Lipinski definition) is 1. The summed E-state index contributed by atoms with van der Waals surface area (Å²) in [6, 6.07) is 14.9. The number of anilines is 2. The molecule has 0 bridgehead atoms. The summed E-state index contributed by atoms with van der Waals surface area (Å²) in [6.45, 7) is 0. The number of nitro groups is 1. The first-order valence-electron chi connectivity index (χ1n) is 10.1. The molecule has 35 heavy (non-hydrogen) atoms. The predicted molar refractivity (Wildman–Crippen MR) is 131 cm³/mol. The quantitative estimate of drug-likeness (QED) is 0.253. The number of pyridine rings is 1. The van der Waals surface area contributed by atoms with Crippen LogP contribution in [0.15, 0.2) is 66.9 Å². The molecule has 0 aliphatic carbocycles. The van der Waals surface area contributed by atoms with Gasteiger partial charge in [0.25, 0.3) is 5.69 Å². The number of halogens is 1. The third-order valence-electron chi connectivity index (χ3n) is 5.13. The zero-order valence-corrected chi connectivity index (χ0v) is 19.4. The van der Waals surface area contributed by atoms with Gasteiger partial charge in [0.1, 0.15) is 16.5 Å². The van der Waals surface area contributed by atoms with E-state index in [9.17, 15) is 14.9 Å². The van der Waals surface area contributed by atoms with Crippen LogP contribution >= 0.6 is 11.6 Å². The van der Waals surface area contributed by atoms with Crippen LogP contribution in [-0.4, -0.2) is 30.2 Å². The SMILES string of the molecule is COc1cc2nccc(Oc3ccc(N(C(N)=O)c4ccc(Cl)c([N+](=O)[O-])c4)cc3)c2cc1OC. The second-order valence-electron chi connectivity index (χ2n) is 7.20. The molecular weight excluding hydrogens is 476 g/mol. The van der Waals surface area contributed by atoms with E-state index in [4.69, 9.17) is 31.5 Å². The normalized spacial score (nSPS) is 10.6. The maximum Gasteiger partial charge on any atom is 0.323 e. The van der Waals surface area contributed by atoms with E-state index in [1.165, 1.54) is 18.2 Å². The largest absolute Gasteiger partial charge is 0.493 e. The summed E-state index contributed by atoms with van der Waals surface area (Å²) in [5.41, 5.74) is 6.46. The number of urea groups is 1. The highest BCUT2D eigenvalue weighted by atomic mass is 35.5. The molecule has 11 heteroatoms. The molecule has 10 nitrogen and oxygen atoms in total. The van der Waals surface area contributed by atoms with Crippen molar-refractivity contribution < 1.29 is 23.9 Å². The Bertz CT molecular complexity index is 1430. The van der Waals surface area contributed by atoms with Gasteiger partial charge in [-0.1, -0.05) is 11.6 Å². The molecular formula is C24H19ClN4O6. The molecule has 2 amide bonds. The van der Waals surface area contributed by atoms with Crippen LogP contribution in [-0.2, 0) is 0 Å². The zero-order valence-electron chi connectivity index (χ0n) is 18.6. The molecule has 0 radical (unpaired) electrons. The van der Waals surface area contributed by atoms with Gasteiger partial charge in [0, 0.05) is 23.7 Å². The lowest BCUT2D eigenvalue weighted by Crippen LogP contribution is -2.31. The fraction of sp³-hybridized carbons (Fsp3) is 0.0833. The fourth-order valence-corrected chi connectivity index (χ4v) is 3.70. The Morgan fingerprint density at radius 3 is 2.26 bits per heavy atom. The highest BCUT2D eigenvalue weighted by Gasteiger charge is 2.21. The van der Waals surface area contributed by atoms with Crippen molar-refractivity contribution >= 4 is 45.6 Å². The van der Waals surface area contributed by atoms with Crippen molar-refractivity contribution in [2.75, 3.05) is 19.1 Å². The summed E-state index contributed by atoms with van der Waals surface area (Å²) in [5.74, 6) is 2.08. The Hall–Kier alpha value is -4.57. The Morgan fingerprint density at radius 1 is 0.971 bits per heavy atom. The number of methoxy groups -OCH3 is 2. The van der Waals surface area contributed by atoms with E-state index in [0.29, 0.717) is 39.6 Å². The van der Waals surface area contributed by atoms with Crippen LogP contribution in [0.1, 0.15) is 0 Å². The highest BCUT2D eigenvalue weighted by molar-refractivity contribution is 6.32. The summed E-state index contributed by atoms with van der Waals surface area (Å²) in [4.78, 5) is 28.3. The number of ether oxygens (including phenoxy) is 3. The van der Waals surface area contributed by atoms with Gasteiger partial charge in [0.2, 0.25) is 0 Å². The average Bonchev–Trinajstić information content (AvgIpc) is 2.85. The van der Waals surface area contributed by atoms with Crippen LogP contribution in [0, 0.1) is 10.1 Å². The predicted octanol–water partition coefficient (Wildman–Crippen LogP) is 5.82. The summed E-state index contributed by atoms with van der Waals surface area (Å²) in [7, 11) is 3.09. The Labute approximate surface area is 204 Å². The Morgan fingerprint density at radius 2 is 1.63 bits per heavy atom. The number of nitro benzene ring substituents is 1. The molecule has 0 aliphatic rings. The molecule has 0 aliphatic heterocycles. The first-order chi connectivity index (χ1) is 16.8. The first kappa shape index (κ1) is 23.6. The maximum atomic E-state index is 12.2. The van der Waals surface area contributed by atoms with Crippen LogP contribution in [0.2, 0.25) is 5.02 Å². The topological polar surface area (TPSA) is 130 Å². The third kappa shape index (κ3) is 4.73. The molecule has 4 rings (SSSR count). The number of nitrogens with zero attached hydrogens (tertiary/aromatic N) is 3. The number of primary amides is 1. The summed E-state index contributed by atoms with van der Waals surface area (Å²) < 4.78 is 16.8. The number of carbonyl (C=O) groups excluding carboxylic acids is 1. The van der Waals surface area contributed by atoms with Gasteiger partial charge in [0.05, 0.1) is 36.0 Å². The third-order valence-corrected chi connectivity index (χ3v) is 5.45. The number of benzene rings is 3. The van der Waals surface area contributed by atoms with Crippen LogP contribution in [0.25, 0.3) is 10.9 Å². The van der Waals surface area contributed by atoms with E-state index in [1.54, 1.807) is 62.9 Å². The number of amides is 2. The van der Waals surface area contributed by atoms with E-state index in [1.807, 2.05) is 0 Å². The molecule has 2 N–H and O–H groups in total. The lowest BCUT2D eigenvalue weighted by Gasteiger charge is -2.21. The fourth-order valence-electron chi connectivity index (χ4n) is 3.51. The van der Waals surface area contributed by atoms with Gasteiger partial charge in [0.15, 0.2) is 11.5 Å². The van der Waals surface area contributed by atoms with Gasteiger partial charge in [-0.05, 0) is 48.5 Å². The van der Waals surface area contributed by atoms with Crippen LogP contribution in [0.4, 0.5) is 21.9 Å². The van der Waals surface area contributed by atoms with Crippen molar-refractivity contribution in [3.05, 3.63) is 82.0 Å². The van der Waals surface area contributed by atoms with Gasteiger partial charge in [-0.25, -0.2) is 4.79 Å². The maximum absolute atomic E-state index is 12.2. The monoisotopic (exact) mass is 494 g/mol. The van der Waals surface area contributed by atoms with Crippen molar-refractivity contribution in [2.45, 2.75) is 0 Å². The van der Waals surface area contributed by atoms with Crippen molar-refractivity contribution in [3.8, 4) is 23.0 Å². The van der Waals surface area contributed by atoms with Gasteiger partial charge >= 0.3 is 6.03 Å². The second kappa shape index (κ2) is 9.74. The van der Waals surface area contributed by atoms with E-state index in [0.717, 1.165) is 4.90 Å². The molecule has 0 saturated heterocycles. The number of aromatic nitrogens is 1. The average molecular weight is 495 g/mol. The minimum absolute atomic E-state index is 0.0502. The Balaban J connectivity index is 1.66. The minimum atomic E-state index is -0.823. The molecule has 4 aromatic rings. The molecule has 1 aromatic heterocycles. The standard InChI is InChI=1S/C24H19ClN4O6/c1-33-22-12-17-19(13-23(22)34-2)27-10-9-21(17)35-16-6-3-14(4-7-16)28(24(26)30)15-5-8-18(25)20(11-15)29(31)32/h3-13H,1-2H3,(H2,26,30). The highest BCUT2D eigenvalue weighted by Crippen LogP contribution is 2.38. The lowest BCUT2D eigenvalue weighted by atomic mass is 10.1.